The first kappa shape index (κ1) is 19.5. The Morgan fingerprint density at radius 3 is 1.76 bits per heavy atom. The van der Waals surface area contributed by atoms with Gasteiger partial charge in [0.25, 0.3) is 0 Å². The lowest BCUT2D eigenvalue weighted by Gasteiger charge is -2.08. The summed E-state index contributed by atoms with van der Waals surface area (Å²) in [6.07, 6.45) is 15.8. The zero-order chi connectivity index (χ0) is 17.9. The van der Waals surface area contributed by atoms with Gasteiger partial charge in [-0.05, 0) is 42.5 Å². The summed E-state index contributed by atoms with van der Waals surface area (Å²) >= 11 is 0. The molecule has 2 aromatic rings. The van der Waals surface area contributed by atoms with Crippen molar-refractivity contribution in [3.8, 4) is 11.1 Å². The van der Waals surface area contributed by atoms with E-state index in [0.29, 0.717) is 0 Å². The van der Waals surface area contributed by atoms with Crippen LogP contribution in [0.2, 0.25) is 0 Å². The number of hydrogen-bond acceptors (Lipinski definition) is 0. The monoisotopic (exact) mass is 334 g/mol. The molecule has 0 nitrogen and oxygen atoms in total. The van der Waals surface area contributed by atoms with Gasteiger partial charge in [0, 0.05) is 0 Å². The van der Waals surface area contributed by atoms with Crippen molar-refractivity contribution in [2.24, 2.45) is 0 Å². The molecule has 0 radical (unpaired) electrons. The van der Waals surface area contributed by atoms with E-state index in [1.165, 1.54) is 72.8 Å². The molecule has 1 fully saturated rings. The molecule has 0 unspecified atom stereocenters. The van der Waals surface area contributed by atoms with E-state index in [-0.39, 0.29) is 0 Å². The van der Waals surface area contributed by atoms with Crippen LogP contribution in [0.1, 0.15) is 75.5 Å². The van der Waals surface area contributed by atoms with E-state index in [1.807, 2.05) is 0 Å². The lowest BCUT2D eigenvalue weighted by molar-refractivity contribution is 0.702. The van der Waals surface area contributed by atoms with E-state index in [4.69, 9.17) is 0 Å². The van der Waals surface area contributed by atoms with E-state index in [9.17, 15) is 0 Å². The zero-order valence-electron chi connectivity index (χ0n) is 16.4. The molecule has 1 aliphatic carbocycles. The van der Waals surface area contributed by atoms with Gasteiger partial charge in [0.2, 0.25) is 0 Å². The van der Waals surface area contributed by atoms with Crippen LogP contribution < -0.4 is 0 Å². The third-order valence-electron chi connectivity index (χ3n) is 5.00. The predicted molar refractivity (Wildman–Crippen MR) is 113 cm³/mol. The minimum atomic E-state index is 1.07. The summed E-state index contributed by atoms with van der Waals surface area (Å²) < 4.78 is 0. The highest BCUT2D eigenvalue weighted by Crippen LogP contribution is 2.24. The largest absolute Gasteiger partial charge is 0.0871 e. The molecule has 1 saturated carbocycles. The second-order valence-electron chi connectivity index (χ2n) is 7.11. The molecule has 1 aliphatic rings. The van der Waals surface area contributed by atoms with Crippen molar-refractivity contribution in [3.63, 3.8) is 0 Å². The Labute approximate surface area is 155 Å². The lowest BCUT2D eigenvalue weighted by atomic mass is 9.97. The molecule has 0 aliphatic heterocycles. The molecule has 0 aromatic heterocycles. The predicted octanol–water partition coefficient (Wildman–Crippen LogP) is 7.99. The molecule has 0 amide bonds. The van der Waals surface area contributed by atoms with Gasteiger partial charge in [-0.15, -0.1) is 0 Å². The second-order valence-corrected chi connectivity index (χ2v) is 7.11. The van der Waals surface area contributed by atoms with Crippen molar-refractivity contribution in [2.45, 2.75) is 72.1 Å². The summed E-state index contributed by atoms with van der Waals surface area (Å²) in [5.74, 6) is 0. The van der Waals surface area contributed by atoms with Crippen molar-refractivity contribution in [1.29, 1.82) is 0 Å². The molecule has 0 saturated heterocycles. The first-order valence-corrected chi connectivity index (χ1v) is 10.1. The molecule has 2 aromatic carbocycles. The van der Waals surface area contributed by atoms with Crippen LogP contribution in [0.3, 0.4) is 0 Å². The molecule has 25 heavy (non-hydrogen) atoms. The van der Waals surface area contributed by atoms with Gasteiger partial charge < -0.3 is 0 Å². The van der Waals surface area contributed by atoms with Crippen LogP contribution in [0.25, 0.3) is 17.2 Å². The number of rotatable bonds is 3. The highest BCUT2D eigenvalue weighted by atomic mass is 14.1. The number of hydrogen-bond donors (Lipinski definition) is 0. The van der Waals surface area contributed by atoms with Crippen LogP contribution in [-0.4, -0.2) is 0 Å². The molecule has 0 spiro atoms. The van der Waals surface area contributed by atoms with E-state index in [2.05, 4.69) is 75.4 Å². The standard InChI is InChI=1S/C18H20.C7H14/c1-4-6-16-11-12-18(13-15(16)5-2)17-9-7-14(3)8-10-17;1-2-4-6-7-5-3-1/h4,6-13H,5H2,1-3H3;1-7H2/b6-4-;. The van der Waals surface area contributed by atoms with Crippen molar-refractivity contribution >= 4 is 6.08 Å². The number of benzene rings is 2. The topological polar surface area (TPSA) is 0 Å². The Bertz CT molecular complexity index is 627. The minimum absolute atomic E-state index is 1.07. The first-order chi connectivity index (χ1) is 12.2. The van der Waals surface area contributed by atoms with Gasteiger partial charge in [-0.3, -0.25) is 0 Å². The van der Waals surface area contributed by atoms with Gasteiger partial charge in [-0.1, -0.05) is 112 Å². The third-order valence-corrected chi connectivity index (χ3v) is 5.00. The van der Waals surface area contributed by atoms with Crippen LogP contribution in [0, 0.1) is 6.92 Å². The van der Waals surface area contributed by atoms with Crippen LogP contribution in [0.15, 0.2) is 48.5 Å². The van der Waals surface area contributed by atoms with Gasteiger partial charge in [0.05, 0.1) is 0 Å². The van der Waals surface area contributed by atoms with E-state index < -0.39 is 0 Å². The molecule has 0 bridgehead atoms. The Balaban J connectivity index is 0.000000269. The maximum Gasteiger partial charge on any atom is -0.0181 e. The van der Waals surface area contributed by atoms with Crippen molar-refractivity contribution in [3.05, 3.63) is 65.2 Å². The number of aryl methyl sites for hydroxylation is 2. The van der Waals surface area contributed by atoms with Gasteiger partial charge in [-0.25, -0.2) is 0 Å². The van der Waals surface area contributed by atoms with Crippen LogP contribution in [0.4, 0.5) is 0 Å². The summed E-state index contributed by atoms with van der Waals surface area (Å²) in [6, 6.07) is 15.5. The molecular weight excluding hydrogens is 300 g/mol. The fraction of sp³-hybridized carbons (Fsp3) is 0.440. The fourth-order valence-electron chi connectivity index (χ4n) is 3.42. The van der Waals surface area contributed by atoms with Gasteiger partial charge in [0.15, 0.2) is 0 Å². The van der Waals surface area contributed by atoms with E-state index in [1.54, 1.807) is 0 Å². The Morgan fingerprint density at radius 1 is 0.760 bits per heavy atom. The molecule has 3 rings (SSSR count). The quantitative estimate of drug-likeness (QED) is 0.499. The third kappa shape index (κ3) is 6.53. The summed E-state index contributed by atoms with van der Waals surface area (Å²) in [5.41, 5.74) is 6.64. The molecular formula is C25H34. The molecule has 0 N–H and O–H groups in total. The highest BCUT2D eigenvalue weighted by Gasteiger charge is 2.02. The van der Waals surface area contributed by atoms with Crippen molar-refractivity contribution in [1.82, 2.24) is 0 Å². The van der Waals surface area contributed by atoms with Crippen LogP contribution in [-0.2, 0) is 6.42 Å². The van der Waals surface area contributed by atoms with Crippen LogP contribution in [0.5, 0.6) is 0 Å². The van der Waals surface area contributed by atoms with Gasteiger partial charge in [0.1, 0.15) is 0 Å². The average Bonchev–Trinajstić information content (AvgIpc) is 2.96. The molecule has 0 heterocycles. The summed E-state index contributed by atoms with van der Waals surface area (Å²) in [7, 11) is 0. The SMILES string of the molecule is C/C=C\c1ccc(-c2ccc(C)cc2)cc1CC.C1CCCCCC1. The smallest absolute Gasteiger partial charge is 0.0181 e. The molecule has 0 atom stereocenters. The average molecular weight is 335 g/mol. The van der Waals surface area contributed by atoms with Gasteiger partial charge in [-0.2, -0.15) is 0 Å². The fourth-order valence-corrected chi connectivity index (χ4v) is 3.42. The Morgan fingerprint density at radius 2 is 1.28 bits per heavy atom. The van der Waals surface area contributed by atoms with E-state index >= 15 is 0 Å². The highest BCUT2D eigenvalue weighted by molar-refractivity contribution is 5.68. The normalized spacial score (nSPS) is 14.7. The van der Waals surface area contributed by atoms with E-state index in [0.717, 1.165) is 6.42 Å². The Kier molecular flexibility index (Phi) is 8.52. The van der Waals surface area contributed by atoms with Crippen molar-refractivity contribution < 1.29 is 0 Å². The zero-order valence-corrected chi connectivity index (χ0v) is 16.4. The van der Waals surface area contributed by atoms with Crippen molar-refractivity contribution in [2.75, 3.05) is 0 Å². The maximum absolute atomic E-state index is 2.31. The summed E-state index contributed by atoms with van der Waals surface area (Å²) in [4.78, 5) is 0. The number of allylic oxidation sites excluding steroid dienone is 1. The summed E-state index contributed by atoms with van der Waals surface area (Å²) in [6.45, 7) is 6.39. The Hall–Kier alpha value is -1.82. The minimum Gasteiger partial charge on any atom is -0.0871 e. The lowest BCUT2D eigenvalue weighted by Crippen LogP contribution is -1.88. The van der Waals surface area contributed by atoms with Gasteiger partial charge >= 0.3 is 0 Å². The molecule has 0 heteroatoms. The van der Waals surface area contributed by atoms with Crippen LogP contribution >= 0.6 is 0 Å². The second kappa shape index (κ2) is 10.9. The first-order valence-electron chi connectivity index (χ1n) is 10.1. The summed E-state index contributed by atoms with van der Waals surface area (Å²) in [5, 5.41) is 0. The molecule has 134 valence electrons. The maximum atomic E-state index is 2.31.